The minimum absolute atomic E-state index is 0.257. The molecule has 1 aromatic rings. The van der Waals surface area contributed by atoms with Gasteiger partial charge in [-0.05, 0) is 45.2 Å². The first-order valence-corrected chi connectivity index (χ1v) is 6.81. The first kappa shape index (κ1) is 13.4. The lowest BCUT2D eigenvalue weighted by molar-refractivity contribution is 0.139. The maximum Gasteiger partial charge on any atom is 0.129 e. The van der Waals surface area contributed by atoms with Crippen LogP contribution in [0.25, 0.3) is 0 Å². The zero-order valence-corrected chi connectivity index (χ0v) is 11.4. The van der Waals surface area contributed by atoms with Crippen LogP contribution in [0.3, 0.4) is 0 Å². The summed E-state index contributed by atoms with van der Waals surface area (Å²) in [4.78, 5) is 11.4. The lowest BCUT2D eigenvalue weighted by Crippen LogP contribution is -2.38. The van der Waals surface area contributed by atoms with Gasteiger partial charge in [-0.3, -0.25) is 0 Å². The van der Waals surface area contributed by atoms with Crippen LogP contribution in [0.1, 0.15) is 30.1 Å². The van der Waals surface area contributed by atoms with Gasteiger partial charge in [0.2, 0.25) is 0 Å². The van der Waals surface area contributed by atoms with E-state index in [1.807, 2.05) is 19.9 Å². The first-order chi connectivity index (χ1) is 8.67. The maximum atomic E-state index is 9.00. The number of aliphatic hydroxyl groups is 1. The van der Waals surface area contributed by atoms with Gasteiger partial charge >= 0.3 is 0 Å². The van der Waals surface area contributed by atoms with Gasteiger partial charge in [-0.15, -0.1) is 0 Å². The molecule has 1 aliphatic rings. The molecule has 0 aromatic carbocycles. The van der Waals surface area contributed by atoms with Gasteiger partial charge in [0.1, 0.15) is 5.82 Å². The van der Waals surface area contributed by atoms with Gasteiger partial charge < -0.3 is 10.0 Å². The highest BCUT2D eigenvalue weighted by Crippen LogP contribution is 2.19. The molecule has 1 aliphatic heterocycles. The Morgan fingerprint density at radius 3 is 2.72 bits per heavy atom. The van der Waals surface area contributed by atoms with Crippen molar-refractivity contribution in [2.45, 2.75) is 33.1 Å². The molecule has 4 heteroatoms. The molecule has 1 fully saturated rings. The normalized spacial score (nSPS) is 21.2. The Morgan fingerprint density at radius 2 is 2.06 bits per heavy atom. The van der Waals surface area contributed by atoms with Crippen LogP contribution in [0.15, 0.2) is 6.07 Å². The van der Waals surface area contributed by atoms with Crippen LogP contribution < -0.4 is 0 Å². The van der Waals surface area contributed by atoms with E-state index in [1.165, 1.54) is 12.8 Å². The van der Waals surface area contributed by atoms with Gasteiger partial charge in [-0.2, -0.15) is 0 Å². The molecule has 100 valence electrons. The summed E-state index contributed by atoms with van der Waals surface area (Å²) in [6.45, 7) is 7.28. The monoisotopic (exact) mass is 249 g/mol. The number of hydrogen-bond acceptors (Lipinski definition) is 4. The third-order valence-electron chi connectivity index (χ3n) is 3.52. The van der Waals surface area contributed by atoms with E-state index in [4.69, 9.17) is 5.11 Å². The quantitative estimate of drug-likeness (QED) is 0.875. The molecular weight excluding hydrogens is 226 g/mol. The number of aromatic nitrogens is 2. The minimum Gasteiger partial charge on any atom is -0.395 e. The molecule has 0 amide bonds. The smallest absolute Gasteiger partial charge is 0.129 e. The fraction of sp³-hybridized carbons (Fsp3) is 0.714. The summed E-state index contributed by atoms with van der Waals surface area (Å²) in [6.07, 6.45) is 3.43. The SMILES string of the molecule is Cc1cc(C)nc(C[C@H]2CCCN(CCO)C2)n1. The Balaban J connectivity index is 1.95. The van der Waals surface area contributed by atoms with Crippen LogP contribution in [-0.2, 0) is 6.42 Å². The zero-order chi connectivity index (χ0) is 13.0. The zero-order valence-electron chi connectivity index (χ0n) is 11.4. The van der Waals surface area contributed by atoms with Crippen molar-refractivity contribution in [2.75, 3.05) is 26.2 Å². The fourth-order valence-electron chi connectivity index (χ4n) is 2.81. The number of piperidine rings is 1. The molecule has 0 unspecified atom stereocenters. The van der Waals surface area contributed by atoms with Crippen molar-refractivity contribution < 1.29 is 5.11 Å². The molecule has 1 atom stereocenters. The number of aliphatic hydroxyl groups excluding tert-OH is 1. The largest absolute Gasteiger partial charge is 0.395 e. The standard InChI is InChI=1S/C14H23N3O/c1-11-8-12(2)16-14(15-11)9-13-4-3-5-17(10-13)6-7-18/h8,13,18H,3-7,9-10H2,1-2H3/t13-/m1/s1. The van der Waals surface area contributed by atoms with Crippen LogP contribution >= 0.6 is 0 Å². The second-order valence-corrected chi connectivity index (χ2v) is 5.30. The minimum atomic E-state index is 0.257. The van der Waals surface area contributed by atoms with Crippen LogP contribution in [0.2, 0.25) is 0 Å². The topological polar surface area (TPSA) is 49.2 Å². The predicted octanol–water partition coefficient (Wildman–Crippen LogP) is 1.34. The fourth-order valence-corrected chi connectivity index (χ4v) is 2.81. The number of likely N-dealkylation sites (tertiary alicyclic amines) is 1. The Hall–Kier alpha value is -1.00. The lowest BCUT2D eigenvalue weighted by Gasteiger charge is -2.31. The van der Waals surface area contributed by atoms with E-state index < -0.39 is 0 Å². The number of hydrogen-bond donors (Lipinski definition) is 1. The van der Waals surface area contributed by atoms with Crippen molar-refractivity contribution in [1.29, 1.82) is 0 Å². The van der Waals surface area contributed by atoms with Gasteiger partial charge in [0.25, 0.3) is 0 Å². The summed E-state index contributed by atoms with van der Waals surface area (Å²) in [5.41, 5.74) is 2.11. The highest BCUT2D eigenvalue weighted by molar-refractivity contribution is 5.08. The Morgan fingerprint density at radius 1 is 1.33 bits per heavy atom. The molecule has 0 spiro atoms. The summed E-state index contributed by atoms with van der Waals surface area (Å²) in [6, 6.07) is 2.02. The predicted molar refractivity (Wildman–Crippen MR) is 71.5 cm³/mol. The molecule has 2 rings (SSSR count). The number of rotatable bonds is 4. The Bertz CT molecular complexity index is 372. The van der Waals surface area contributed by atoms with Gasteiger partial charge in [-0.25, -0.2) is 9.97 Å². The van der Waals surface area contributed by atoms with Gasteiger partial charge in [-0.1, -0.05) is 0 Å². The van der Waals surface area contributed by atoms with E-state index in [1.54, 1.807) is 0 Å². The average molecular weight is 249 g/mol. The molecule has 0 bridgehead atoms. The molecule has 18 heavy (non-hydrogen) atoms. The van der Waals surface area contributed by atoms with Crippen LogP contribution in [-0.4, -0.2) is 46.2 Å². The summed E-state index contributed by atoms with van der Waals surface area (Å²) in [5, 5.41) is 9.00. The highest BCUT2D eigenvalue weighted by Gasteiger charge is 2.20. The van der Waals surface area contributed by atoms with E-state index >= 15 is 0 Å². The van der Waals surface area contributed by atoms with Crippen LogP contribution in [0.5, 0.6) is 0 Å². The third kappa shape index (κ3) is 3.75. The lowest BCUT2D eigenvalue weighted by atomic mass is 9.94. The molecule has 0 radical (unpaired) electrons. The number of nitrogens with zero attached hydrogens (tertiary/aromatic N) is 3. The summed E-state index contributed by atoms with van der Waals surface area (Å²) < 4.78 is 0. The summed E-state index contributed by atoms with van der Waals surface area (Å²) >= 11 is 0. The summed E-state index contributed by atoms with van der Waals surface area (Å²) in [5.74, 6) is 1.61. The third-order valence-corrected chi connectivity index (χ3v) is 3.52. The molecule has 4 nitrogen and oxygen atoms in total. The molecule has 0 aliphatic carbocycles. The van der Waals surface area contributed by atoms with E-state index in [9.17, 15) is 0 Å². The molecule has 1 N–H and O–H groups in total. The van der Waals surface area contributed by atoms with Gasteiger partial charge in [0, 0.05) is 30.9 Å². The molecular formula is C14H23N3O. The number of aryl methyl sites for hydroxylation is 2. The van der Waals surface area contributed by atoms with Crippen molar-refractivity contribution in [3.63, 3.8) is 0 Å². The molecule has 1 saturated heterocycles. The maximum absolute atomic E-state index is 9.00. The van der Waals surface area contributed by atoms with Crippen LogP contribution in [0, 0.1) is 19.8 Å². The van der Waals surface area contributed by atoms with Gasteiger partial charge in [0.15, 0.2) is 0 Å². The highest BCUT2D eigenvalue weighted by atomic mass is 16.3. The van der Waals surface area contributed by atoms with E-state index in [0.717, 1.165) is 43.3 Å². The van der Waals surface area contributed by atoms with E-state index in [2.05, 4.69) is 14.9 Å². The second-order valence-electron chi connectivity index (χ2n) is 5.30. The average Bonchev–Trinajstić information content (AvgIpc) is 2.28. The van der Waals surface area contributed by atoms with Crippen molar-refractivity contribution in [3.05, 3.63) is 23.3 Å². The second kappa shape index (κ2) is 6.25. The van der Waals surface area contributed by atoms with Crippen LogP contribution in [0.4, 0.5) is 0 Å². The molecule has 1 aromatic heterocycles. The molecule has 2 heterocycles. The first-order valence-electron chi connectivity index (χ1n) is 6.81. The summed E-state index contributed by atoms with van der Waals surface area (Å²) in [7, 11) is 0. The van der Waals surface area contributed by atoms with Crippen molar-refractivity contribution in [1.82, 2.24) is 14.9 Å². The molecule has 0 saturated carbocycles. The Labute approximate surface area is 109 Å². The van der Waals surface area contributed by atoms with Crippen molar-refractivity contribution >= 4 is 0 Å². The number of β-amino-alcohol motifs (C(OH)–C–C–N with tert-alkyl or cyclic N) is 1. The Kier molecular flexibility index (Phi) is 4.66. The van der Waals surface area contributed by atoms with E-state index in [0.29, 0.717) is 5.92 Å². The van der Waals surface area contributed by atoms with Crippen molar-refractivity contribution in [2.24, 2.45) is 5.92 Å². The van der Waals surface area contributed by atoms with E-state index in [-0.39, 0.29) is 6.61 Å². The van der Waals surface area contributed by atoms with Gasteiger partial charge in [0.05, 0.1) is 6.61 Å². The van der Waals surface area contributed by atoms with Crippen molar-refractivity contribution in [3.8, 4) is 0 Å².